The molecule has 0 aromatic carbocycles. The number of thiazole rings is 1. The van der Waals surface area contributed by atoms with Crippen molar-refractivity contribution in [1.29, 1.82) is 0 Å². The van der Waals surface area contributed by atoms with Crippen LogP contribution in [0.3, 0.4) is 0 Å². The van der Waals surface area contributed by atoms with Crippen LogP contribution < -0.4 is 10.2 Å². The molecule has 0 spiro atoms. The Bertz CT molecular complexity index is 951. The smallest absolute Gasteiger partial charge is 0.350 e. The molecular weight excluding hydrogens is 458 g/mol. The molecule has 0 aliphatic carbocycles. The number of esters is 1. The molecule has 1 aliphatic heterocycles. The Kier molecular flexibility index (Phi) is 7.22. The van der Waals surface area contributed by atoms with Crippen molar-refractivity contribution in [1.82, 2.24) is 15.3 Å². The van der Waals surface area contributed by atoms with E-state index in [9.17, 15) is 14.0 Å². The zero-order chi connectivity index (χ0) is 22.0. The lowest BCUT2D eigenvalue weighted by atomic mass is 10.0. The molecule has 0 bridgehead atoms. The molecule has 3 rings (SSSR count). The summed E-state index contributed by atoms with van der Waals surface area (Å²) in [5.41, 5.74) is 1.12. The molecule has 12 heteroatoms. The van der Waals surface area contributed by atoms with Gasteiger partial charge >= 0.3 is 5.97 Å². The van der Waals surface area contributed by atoms with Gasteiger partial charge in [-0.25, -0.2) is 14.2 Å². The van der Waals surface area contributed by atoms with Gasteiger partial charge in [-0.15, -0.1) is 0 Å². The summed E-state index contributed by atoms with van der Waals surface area (Å²) >= 11 is 13.2. The lowest BCUT2D eigenvalue weighted by Gasteiger charge is -2.34. The Hall–Kier alpha value is -1.88. The number of carbonyl (C=O) groups is 2. The highest BCUT2D eigenvalue weighted by molar-refractivity contribution is 7.17. The first kappa shape index (κ1) is 22.8. The number of nitrogens with one attached hydrogen (secondary N) is 2. The van der Waals surface area contributed by atoms with Crippen molar-refractivity contribution in [2.45, 2.75) is 32.2 Å². The number of amides is 1. The third kappa shape index (κ3) is 4.56. The van der Waals surface area contributed by atoms with Gasteiger partial charge in [0.1, 0.15) is 16.7 Å². The van der Waals surface area contributed by atoms with Crippen LogP contribution in [0.25, 0.3) is 0 Å². The second kappa shape index (κ2) is 9.51. The number of hydrogen-bond acceptors (Lipinski definition) is 7. The Balaban J connectivity index is 1.68. The predicted molar refractivity (Wildman–Crippen MR) is 113 cm³/mol. The van der Waals surface area contributed by atoms with Gasteiger partial charge in [0.2, 0.25) is 0 Å². The topological polar surface area (TPSA) is 96.5 Å². The SMILES string of the molecule is COCc1nc(N2CC[C@@H](NC(=O)c3[nH]c(C)c(Cl)c3Cl)[C@@H](F)C2)sc1C(=O)OC. The standard InChI is InChI=1S/C18H21Cl2FN4O4S/c1-8-12(19)13(20)14(22-8)16(26)23-10-4-5-25(6-9(10)21)18-24-11(7-28-2)15(30-18)17(27)29-3/h9-10,22H,4-7H2,1-3H3,(H,23,26)/t9-,10+/m0/s1. The van der Waals surface area contributed by atoms with Gasteiger partial charge in [0.15, 0.2) is 5.13 Å². The van der Waals surface area contributed by atoms with Crippen LogP contribution in [0, 0.1) is 6.92 Å². The number of aromatic nitrogens is 2. The lowest BCUT2D eigenvalue weighted by Crippen LogP contribution is -2.52. The zero-order valence-corrected chi connectivity index (χ0v) is 18.9. The number of aryl methyl sites for hydroxylation is 1. The first-order chi connectivity index (χ1) is 14.3. The summed E-state index contributed by atoms with van der Waals surface area (Å²) in [4.78, 5) is 33.7. The fourth-order valence-electron chi connectivity index (χ4n) is 3.17. The number of rotatable bonds is 6. The van der Waals surface area contributed by atoms with E-state index < -0.39 is 24.1 Å². The van der Waals surface area contributed by atoms with Gasteiger partial charge in [0.05, 0.1) is 42.0 Å². The highest BCUT2D eigenvalue weighted by atomic mass is 35.5. The molecule has 1 aliphatic rings. The first-order valence-electron chi connectivity index (χ1n) is 9.07. The monoisotopic (exact) mass is 478 g/mol. The molecule has 164 valence electrons. The Labute approximate surface area is 186 Å². The van der Waals surface area contributed by atoms with E-state index in [1.807, 2.05) is 0 Å². The Morgan fingerprint density at radius 2 is 2.10 bits per heavy atom. The van der Waals surface area contributed by atoms with E-state index in [0.29, 0.717) is 34.4 Å². The normalized spacial score (nSPS) is 19.1. The van der Waals surface area contributed by atoms with Crippen molar-refractivity contribution >= 4 is 51.5 Å². The van der Waals surface area contributed by atoms with Crippen molar-refractivity contribution in [2.75, 3.05) is 32.2 Å². The zero-order valence-electron chi connectivity index (χ0n) is 16.6. The molecular formula is C18H21Cl2FN4O4S. The van der Waals surface area contributed by atoms with Crippen LogP contribution in [0.15, 0.2) is 0 Å². The molecule has 2 N–H and O–H groups in total. The molecule has 0 saturated carbocycles. The van der Waals surface area contributed by atoms with Crippen LogP contribution in [0.1, 0.15) is 38.0 Å². The third-order valence-electron chi connectivity index (χ3n) is 4.75. The van der Waals surface area contributed by atoms with E-state index in [2.05, 4.69) is 15.3 Å². The van der Waals surface area contributed by atoms with E-state index in [1.165, 1.54) is 14.2 Å². The quantitative estimate of drug-likeness (QED) is 0.617. The number of halogens is 3. The van der Waals surface area contributed by atoms with E-state index in [0.717, 1.165) is 11.3 Å². The molecule has 0 radical (unpaired) electrons. The molecule has 0 unspecified atom stereocenters. The summed E-state index contributed by atoms with van der Waals surface area (Å²) in [5, 5.41) is 3.56. The largest absolute Gasteiger partial charge is 0.465 e. The number of piperidine rings is 1. The van der Waals surface area contributed by atoms with E-state index in [1.54, 1.807) is 11.8 Å². The molecule has 30 heavy (non-hydrogen) atoms. The maximum absolute atomic E-state index is 14.9. The van der Waals surface area contributed by atoms with Gasteiger partial charge in [-0.05, 0) is 13.3 Å². The third-order valence-corrected chi connectivity index (χ3v) is 6.83. The van der Waals surface area contributed by atoms with Gasteiger partial charge in [0.25, 0.3) is 5.91 Å². The Morgan fingerprint density at radius 1 is 1.37 bits per heavy atom. The number of nitrogens with zero attached hydrogens (tertiary/aromatic N) is 2. The van der Waals surface area contributed by atoms with Crippen LogP contribution >= 0.6 is 34.5 Å². The van der Waals surface area contributed by atoms with E-state index in [-0.39, 0.29) is 28.9 Å². The minimum absolute atomic E-state index is 0.0176. The Morgan fingerprint density at radius 3 is 2.67 bits per heavy atom. The maximum atomic E-state index is 14.9. The maximum Gasteiger partial charge on any atom is 0.350 e. The van der Waals surface area contributed by atoms with Crippen LogP contribution in [-0.2, 0) is 16.1 Å². The van der Waals surface area contributed by atoms with Crippen LogP contribution in [-0.4, -0.2) is 61.4 Å². The molecule has 8 nitrogen and oxygen atoms in total. The fraction of sp³-hybridized carbons (Fsp3) is 0.500. The summed E-state index contributed by atoms with van der Waals surface area (Å²) in [6.45, 7) is 2.30. The molecule has 3 heterocycles. The summed E-state index contributed by atoms with van der Waals surface area (Å²) in [6.07, 6.45) is -0.991. The second-order valence-corrected chi connectivity index (χ2v) is 8.51. The molecule has 1 fully saturated rings. The number of carbonyl (C=O) groups excluding carboxylic acids is 2. The lowest BCUT2D eigenvalue weighted by molar-refractivity contribution is 0.0601. The summed E-state index contributed by atoms with van der Waals surface area (Å²) < 4.78 is 24.7. The predicted octanol–water partition coefficient (Wildman–Crippen LogP) is 3.37. The van der Waals surface area contributed by atoms with Crippen LogP contribution in [0.2, 0.25) is 10.0 Å². The average Bonchev–Trinajstić information content (AvgIpc) is 3.26. The molecule has 2 atom stereocenters. The highest BCUT2D eigenvalue weighted by Gasteiger charge is 2.33. The van der Waals surface area contributed by atoms with Crippen LogP contribution in [0.4, 0.5) is 9.52 Å². The summed E-state index contributed by atoms with van der Waals surface area (Å²) in [6, 6.07) is -0.689. The molecule has 2 aromatic heterocycles. The molecule has 1 amide bonds. The number of anilines is 1. The van der Waals surface area contributed by atoms with Crippen molar-refractivity contribution in [3.63, 3.8) is 0 Å². The van der Waals surface area contributed by atoms with Gasteiger partial charge in [0, 0.05) is 19.3 Å². The minimum Gasteiger partial charge on any atom is -0.465 e. The average molecular weight is 479 g/mol. The minimum atomic E-state index is -1.34. The van der Waals surface area contributed by atoms with Gasteiger partial charge < -0.3 is 24.7 Å². The van der Waals surface area contributed by atoms with Gasteiger partial charge in [-0.1, -0.05) is 34.5 Å². The van der Waals surface area contributed by atoms with Crippen molar-refractivity contribution in [2.24, 2.45) is 0 Å². The van der Waals surface area contributed by atoms with Crippen LogP contribution in [0.5, 0.6) is 0 Å². The van der Waals surface area contributed by atoms with Crippen molar-refractivity contribution < 1.29 is 23.5 Å². The van der Waals surface area contributed by atoms with E-state index >= 15 is 0 Å². The van der Waals surface area contributed by atoms with Crippen molar-refractivity contribution in [3.05, 3.63) is 32.0 Å². The first-order valence-corrected chi connectivity index (χ1v) is 10.6. The van der Waals surface area contributed by atoms with E-state index in [4.69, 9.17) is 32.7 Å². The van der Waals surface area contributed by atoms with Gasteiger partial charge in [-0.3, -0.25) is 4.79 Å². The van der Waals surface area contributed by atoms with Crippen molar-refractivity contribution in [3.8, 4) is 0 Å². The summed E-state index contributed by atoms with van der Waals surface area (Å²) in [5.74, 6) is -1.03. The molecule has 2 aromatic rings. The van der Waals surface area contributed by atoms with Gasteiger partial charge in [-0.2, -0.15) is 0 Å². The highest BCUT2D eigenvalue weighted by Crippen LogP contribution is 2.31. The fourth-order valence-corrected chi connectivity index (χ4v) is 4.61. The number of ether oxygens (including phenoxy) is 2. The number of hydrogen-bond donors (Lipinski definition) is 2. The number of alkyl halides is 1. The number of methoxy groups -OCH3 is 2. The number of H-pyrrole nitrogens is 1. The summed E-state index contributed by atoms with van der Waals surface area (Å²) in [7, 11) is 2.78. The molecule has 1 saturated heterocycles. The second-order valence-electron chi connectivity index (χ2n) is 6.78. The number of aromatic amines is 1.